The quantitative estimate of drug-likeness (QED) is 0.610. The predicted octanol–water partition coefficient (Wildman–Crippen LogP) is 3.34. The molecule has 0 heterocycles. The summed E-state index contributed by atoms with van der Waals surface area (Å²) < 4.78 is 5.21. The van der Waals surface area contributed by atoms with E-state index in [1.165, 1.54) is 0 Å². The molecule has 0 aliphatic carbocycles. The highest BCUT2D eigenvalue weighted by Gasteiger charge is 2.19. The summed E-state index contributed by atoms with van der Waals surface area (Å²) in [7, 11) is 0. The largest absolute Gasteiger partial charge is 0.343 e. The molecule has 0 fully saturated rings. The molecule has 0 radical (unpaired) electrons. The van der Waals surface area contributed by atoms with Crippen molar-refractivity contribution in [3.63, 3.8) is 0 Å². The summed E-state index contributed by atoms with van der Waals surface area (Å²) in [5.74, 6) is 0. The van der Waals surface area contributed by atoms with Gasteiger partial charge in [0.1, 0.15) is 0 Å². The third-order valence-electron chi connectivity index (χ3n) is 1.26. The van der Waals surface area contributed by atoms with Crippen LogP contribution in [0.25, 0.3) is 0 Å². The zero-order valence-electron chi connectivity index (χ0n) is 6.66. The molecule has 0 aromatic rings. The number of hydrogen-bond donors (Lipinski definition) is 0. The van der Waals surface area contributed by atoms with Gasteiger partial charge in [-0.15, -0.1) is 0 Å². The van der Waals surface area contributed by atoms with Gasteiger partial charge in [0.2, 0.25) is 5.02 Å². The Morgan fingerprint density at radius 1 is 1.40 bits per heavy atom. The van der Waals surface area contributed by atoms with Crippen LogP contribution in [0.2, 0.25) is 0 Å². The highest BCUT2D eigenvalue weighted by molar-refractivity contribution is 6.43. The SMILES string of the molecule is CCCC(C)(C)OC(Cl)Cl. The normalized spacial score (nSPS) is 12.6. The van der Waals surface area contributed by atoms with Crippen LogP contribution >= 0.6 is 23.2 Å². The van der Waals surface area contributed by atoms with Crippen molar-refractivity contribution in [3.05, 3.63) is 0 Å². The second-order valence-corrected chi connectivity index (χ2v) is 3.90. The second-order valence-electron chi connectivity index (χ2n) is 2.89. The van der Waals surface area contributed by atoms with Crippen LogP contribution in [0.3, 0.4) is 0 Å². The Morgan fingerprint density at radius 3 is 2.20 bits per heavy atom. The number of hydrogen-bond acceptors (Lipinski definition) is 1. The molecule has 0 aliphatic rings. The minimum atomic E-state index is -0.707. The molecule has 62 valence electrons. The molecular weight excluding hydrogens is 171 g/mol. The molecule has 0 saturated carbocycles. The van der Waals surface area contributed by atoms with E-state index in [1.54, 1.807) is 0 Å². The average molecular weight is 185 g/mol. The molecule has 0 aliphatic heterocycles. The molecule has 0 rings (SSSR count). The first-order valence-corrected chi connectivity index (χ1v) is 4.31. The zero-order valence-corrected chi connectivity index (χ0v) is 8.17. The Hall–Kier alpha value is 0.540. The van der Waals surface area contributed by atoms with Gasteiger partial charge in [0.05, 0.1) is 5.60 Å². The van der Waals surface area contributed by atoms with Crippen LogP contribution in [0.4, 0.5) is 0 Å². The summed E-state index contributed by atoms with van der Waals surface area (Å²) in [6.45, 7) is 6.06. The molecule has 0 spiro atoms. The van der Waals surface area contributed by atoms with Gasteiger partial charge < -0.3 is 4.74 Å². The molecule has 3 heteroatoms. The van der Waals surface area contributed by atoms with Gasteiger partial charge in [-0.25, -0.2) is 0 Å². The van der Waals surface area contributed by atoms with Crippen LogP contribution in [-0.2, 0) is 4.74 Å². The number of ether oxygens (including phenoxy) is 1. The molecule has 0 saturated heterocycles. The lowest BCUT2D eigenvalue weighted by Crippen LogP contribution is -2.25. The second kappa shape index (κ2) is 4.42. The first-order valence-electron chi connectivity index (χ1n) is 3.44. The summed E-state index contributed by atoms with van der Waals surface area (Å²) in [6, 6.07) is 0. The Bertz CT molecular complexity index is 91.6. The minimum Gasteiger partial charge on any atom is -0.343 e. The molecule has 0 bridgehead atoms. The van der Waals surface area contributed by atoms with Crippen molar-refractivity contribution in [2.24, 2.45) is 0 Å². The summed E-state index contributed by atoms with van der Waals surface area (Å²) in [6.07, 6.45) is 2.05. The van der Waals surface area contributed by atoms with Gasteiger partial charge in [0, 0.05) is 0 Å². The third-order valence-corrected chi connectivity index (χ3v) is 1.44. The Morgan fingerprint density at radius 2 is 1.90 bits per heavy atom. The van der Waals surface area contributed by atoms with Crippen LogP contribution in [0.1, 0.15) is 33.6 Å². The van der Waals surface area contributed by atoms with Crippen molar-refractivity contribution in [2.45, 2.75) is 44.2 Å². The molecular formula is C7H14Cl2O. The fraction of sp³-hybridized carbons (Fsp3) is 1.00. The lowest BCUT2D eigenvalue weighted by atomic mass is 10.0. The average Bonchev–Trinajstić information content (AvgIpc) is 1.59. The van der Waals surface area contributed by atoms with Gasteiger partial charge in [0.15, 0.2) is 0 Å². The molecule has 1 nitrogen and oxygen atoms in total. The Kier molecular flexibility index (Phi) is 4.66. The van der Waals surface area contributed by atoms with E-state index in [9.17, 15) is 0 Å². The van der Waals surface area contributed by atoms with Crippen molar-refractivity contribution in [3.8, 4) is 0 Å². The topological polar surface area (TPSA) is 9.23 Å². The molecule has 0 N–H and O–H groups in total. The molecule has 10 heavy (non-hydrogen) atoms. The molecule has 0 aromatic carbocycles. The van der Waals surface area contributed by atoms with Crippen LogP contribution in [0.15, 0.2) is 0 Å². The summed E-state index contributed by atoms with van der Waals surface area (Å²) >= 11 is 10.9. The Balaban J connectivity index is 3.63. The van der Waals surface area contributed by atoms with Crippen LogP contribution in [0.5, 0.6) is 0 Å². The molecule has 0 amide bonds. The van der Waals surface area contributed by atoms with Gasteiger partial charge in [-0.1, -0.05) is 36.5 Å². The van der Waals surface area contributed by atoms with E-state index in [1.807, 2.05) is 13.8 Å². The summed E-state index contributed by atoms with van der Waals surface area (Å²) in [5.41, 5.74) is -0.192. The van der Waals surface area contributed by atoms with E-state index >= 15 is 0 Å². The van der Waals surface area contributed by atoms with Crippen molar-refractivity contribution >= 4 is 23.2 Å². The van der Waals surface area contributed by atoms with E-state index < -0.39 is 5.02 Å². The Labute approximate surface area is 72.6 Å². The van der Waals surface area contributed by atoms with Crippen molar-refractivity contribution in [1.82, 2.24) is 0 Å². The monoisotopic (exact) mass is 184 g/mol. The number of halogens is 2. The van der Waals surface area contributed by atoms with Gasteiger partial charge in [-0.2, -0.15) is 0 Å². The van der Waals surface area contributed by atoms with E-state index in [2.05, 4.69) is 6.92 Å². The van der Waals surface area contributed by atoms with E-state index in [0.717, 1.165) is 12.8 Å². The van der Waals surface area contributed by atoms with Gasteiger partial charge in [-0.3, -0.25) is 0 Å². The van der Waals surface area contributed by atoms with Crippen molar-refractivity contribution in [2.75, 3.05) is 0 Å². The standard InChI is InChI=1S/C7H14Cl2O/c1-4-5-7(2,3)10-6(8)9/h6H,4-5H2,1-3H3. The van der Waals surface area contributed by atoms with E-state index in [0.29, 0.717) is 0 Å². The lowest BCUT2D eigenvalue weighted by molar-refractivity contribution is -0.0134. The first-order chi connectivity index (χ1) is 4.48. The fourth-order valence-electron chi connectivity index (χ4n) is 0.902. The zero-order chi connectivity index (χ0) is 8.20. The van der Waals surface area contributed by atoms with Gasteiger partial charge >= 0.3 is 0 Å². The third kappa shape index (κ3) is 5.33. The van der Waals surface area contributed by atoms with E-state index in [-0.39, 0.29) is 5.60 Å². The van der Waals surface area contributed by atoms with E-state index in [4.69, 9.17) is 27.9 Å². The lowest BCUT2D eigenvalue weighted by Gasteiger charge is -2.24. The van der Waals surface area contributed by atoms with Gasteiger partial charge in [-0.05, 0) is 20.3 Å². The van der Waals surface area contributed by atoms with Crippen molar-refractivity contribution < 1.29 is 4.74 Å². The van der Waals surface area contributed by atoms with Crippen molar-refractivity contribution in [1.29, 1.82) is 0 Å². The molecule has 0 atom stereocenters. The molecule has 0 unspecified atom stereocenters. The fourth-order valence-corrected chi connectivity index (χ4v) is 1.38. The van der Waals surface area contributed by atoms with Crippen LogP contribution in [0, 0.1) is 0 Å². The maximum absolute atomic E-state index is 5.44. The number of alkyl halides is 2. The first kappa shape index (κ1) is 10.5. The summed E-state index contributed by atoms with van der Waals surface area (Å²) in [4.78, 5) is 0. The smallest absolute Gasteiger partial charge is 0.207 e. The highest BCUT2D eigenvalue weighted by atomic mass is 35.5. The highest BCUT2D eigenvalue weighted by Crippen LogP contribution is 2.21. The van der Waals surface area contributed by atoms with Gasteiger partial charge in [0.25, 0.3) is 0 Å². The summed E-state index contributed by atoms with van der Waals surface area (Å²) in [5, 5.41) is -0.707. The number of rotatable bonds is 4. The minimum absolute atomic E-state index is 0.192. The van der Waals surface area contributed by atoms with Crippen LogP contribution < -0.4 is 0 Å². The predicted molar refractivity (Wildman–Crippen MR) is 45.6 cm³/mol. The van der Waals surface area contributed by atoms with Crippen LogP contribution in [-0.4, -0.2) is 10.6 Å². The maximum atomic E-state index is 5.44. The maximum Gasteiger partial charge on any atom is 0.207 e. The molecule has 0 aromatic heterocycles.